The molecule has 0 radical (unpaired) electrons. The summed E-state index contributed by atoms with van der Waals surface area (Å²) in [6.07, 6.45) is 5.47. The molecule has 0 saturated heterocycles. The van der Waals surface area contributed by atoms with E-state index < -0.39 is 0 Å². The van der Waals surface area contributed by atoms with Crippen LogP contribution >= 0.6 is 0 Å². The van der Waals surface area contributed by atoms with Gasteiger partial charge in [0.1, 0.15) is 5.82 Å². The van der Waals surface area contributed by atoms with Crippen LogP contribution in [0.1, 0.15) is 59.2 Å². The summed E-state index contributed by atoms with van der Waals surface area (Å²) in [4.78, 5) is 18.5. The van der Waals surface area contributed by atoms with Crippen LogP contribution in [0.2, 0.25) is 0 Å². The fourth-order valence-corrected chi connectivity index (χ4v) is 7.22. The second-order valence-corrected chi connectivity index (χ2v) is 10.8. The Hall–Kier alpha value is -3.24. The van der Waals surface area contributed by atoms with Crippen molar-refractivity contribution in [3.8, 4) is 0 Å². The number of hydrogen-bond donors (Lipinski definition) is 0. The topological polar surface area (TPSA) is 23.6 Å². The fraction of sp³-hybridized carbons (Fsp3) is 0.344. The Bertz CT molecular complexity index is 1340. The van der Waals surface area contributed by atoms with E-state index in [0.717, 1.165) is 38.5 Å². The third-order valence-corrected chi connectivity index (χ3v) is 9.13. The van der Waals surface area contributed by atoms with Crippen molar-refractivity contribution in [2.75, 3.05) is 20.6 Å². The van der Waals surface area contributed by atoms with E-state index in [1.54, 1.807) is 12.1 Å². The predicted molar refractivity (Wildman–Crippen MR) is 142 cm³/mol. The van der Waals surface area contributed by atoms with Gasteiger partial charge in [0.05, 0.1) is 5.54 Å². The van der Waals surface area contributed by atoms with Gasteiger partial charge in [-0.05, 0) is 98.7 Å². The number of benzene rings is 3. The maximum Gasteiger partial charge on any atom is 0.254 e. The molecule has 1 fully saturated rings. The molecule has 184 valence electrons. The van der Waals surface area contributed by atoms with Gasteiger partial charge in [-0.25, -0.2) is 4.39 Å². The molecular weight excluding hydrogens is 447 g/mol. The van der Waals surface area contributed by atoms with E-state index in [-0.39, 0.29) is 22.8 Å². The standard InChI is InChI=1S/C32H33FN2O/c1-34(2)31(25-11-4-3-5-12-25)16-18-32(19-17-31)29-22-23-9-6-7-14-27(23)28(29)15-20-35(32)30(36)24-10-8-13-26(33)21-24/h3-14,21H,15-20,22H2,1-2H3. The van der Waals surface area contributed by atoms with Crippen molar-refractivity contribution < 1.29 is 9.18 Å². The number of rotatable bonds is 3. The normalized spacial score (nSPS) is 25.3. The van der Waals surface area contributed by atoms with E-state index in [9.17, 15) is 9.18 Å². The average Bonchev–Trinajstić information content (AvgIpc) is 3.29. The molecule has 0 unspecified atom stereocenters. The van der Waals surface area contributed by atoms with E-state index in [1.807, 2.05) is 0 Å². The van der Waals surface area contributed by atoms with Gasteiger partial charge >= 0.3 is 0 Å². The Balaban J connectivity index is 1.44. The lowest BCUT2D eigenvalue weighted by Crippen LogP contribution is -2.60. The molecule has 1 heterocycles. The molecule has 0 atom stereocenters. The summed E-state index contributed by atoms with van der Waals surface area (Å²) in [7, 11) is 4.36. The average molecular weight is 481 g/mol. The van der Waals surface area contributed by atoms with Gasteiger partial charge in [0, 0.05) is 17.6 Å². The largest absolute Gasteiger partial charge is 0.329 e. The van der Waals surface area contributed by atoms with Crippen LogP contribution in [-0.4, -0.2) is 41.9 Å². The Kier molecular flexibility index (Phi) is 5.60. The van der Waals surface area contributed by atoms with Gasteiger partial charge < -0.3 is 4.90 Å². The minimum atomic E-state index is -0.362. The highest BCUT2D eigenvalue weighted by Gasteiger charge is 2.53. The lowest BCUT2D eigenvalue weighted by Gasteiger charge is -2.56. The van der Waals surface area contributed by atoms with Crippen molar-refractivity contribution in [1.82, 2.24) is 9.80 Å². The van der Waals surface area contributed by atoms with Crippen LogP contribution in [0.5, 0.6) is 0 Å². The van der Waals surface area contributed by atoms with Crippen LogP contribution in [0.3, 0.4) is 0 Å². The van der Waals surface area contributed by atoms with Gasteiger partial charge in [-0.3, -0.25) is 9.69 Å². The first-order chi connectivity index (χ1) is 17.4. The zero-order chi connectivity index (χ0) is 24.9. The first-order valence-corrected chi connectivity index (χ1v) is 13.1. The molecule has 0 aromatic heterocycles. The van der Waals surface area contributed by atoms with Crippen molar-refractivity contribution in [3.63, 3.8) is 0 Å². The monoisotopic (exact) mass is 480 g/mol. The quantitative estimate of drug-likeness (QED) is 0.430. The molecule has 3 nitrogen and oxygen atoms in total. The van der Waals surface area contributed by atoms with Gasteiger partial charge in [-0.2, -0.15) is 0 Å². The van der Waals surface area contributed by atoms with Crippen LogP contribution in [0.4, 0.5) is 4.39 Å². The van der Waals surface area contributed by atoms with Crippen molar-refractivity contribution in [2.24, 2.45) is 0 Å². The minimum absolute atomic E-state index is 0.0472. The molecule has 3 aromatic carbocycles. The molecule has 4 heteroatoms. The number of nitrogens with zero attached hydrogens (tertiary/aromatic N) is 2. The number of halogens is 1. The molecule has 6 rings (SSSR count). The van der Waals surface area contributed by atoms with E-state index >= 15 is 0 Å². The maximum atomic E-state index is 14.1. The van der Waals surface area contributed by atoms with Crippen LogP contribution in [0.25, 0.3) is 5.57 Å². The summed E-state index contributed by atoms with van der Waals surface area (Å²) in [5.74, 6) is -0.409. The number of amides is 1. The molecule has 1 amide bonds. The van der Waals surface area contributed by atoms with E-state index in [0.29, 0.717) is 12.1 Å². The van der Waals surface area contributed by atoms with Crippen LogP contribution in [0.15, 0.2) is 84.4 Å². The minimum Gasteiger partial charge on any atom is -0.329 e. The van der Waals surface area contributed by atoms with E-state index in [1.165, 1.54) is 40.0 Å². The highest BCUT2D eigenvalue weighted by atomic mass is 19.1. The van der Waals surface area contributed by atoms with Gasteiger partial charge in [0.25, 0.3) is 5.91 Å². The van der Waals surface area contributed by atoms with Crippen molar-refractivity contribution in [3.05, 3.63) is 113 Å². The van der Waals surface area contributed by atoms with Gasteiger partial charge in [-0.15, -0.1) is 0 Å². The lowest BCUT2D eigenvalue weighted by molar-refractivity contribution is 0.00721. The zero-order valence-electron chi connectivity index (χ0n) is 21.1. The first kappa shape index (κ1) is 23.2. The fourth-order valence-electron chi connectivity index (χ4n) is 7.22. The van der Waals surface area contributed by atoms with Gasteiger partial charge in [0.15, 0.2) is 0 Å². The van der Waals surface area contributed by atoms with Crippen molar-refractivity contribution in [1.29, 1.82) is 0 Å². The van der Waals surface area contributed by atoms with Crippen LogP contribution in [0, 0.1) is 5.82 Å². The lowest BCUT2D eigenvalue weighted by atomic mass is 9.63. The number of fused-ring (bicyclic) bond motifs is 3. The second kappa shape index (κ2) is 8.70. The van der Waals surface area contributed by atoms with Crippen LogP contribution in [-0.2, 0) is 12.0 Å². The second-order valence-electron chi connectivity index (χ2n) is 10.8. The number of hydrogen-bond acceptors (Lipinski definition) is 2. The van der Waals surface area contributed by atoms with Crippen molar-refractivity contribution >= 4 is 11.5 Å². The van der Waals surface area contributed by atoms with Crippen LogP contribution < -0.4 is 0 Å². The first-order valence-electron chi connectivity index (χ1n) is 13.1. The molecule has 1 spiro atoms. The number of carbonyl (C=O) groups is 1. The predicted octanol–water partition coefficient (Wildman–Crippen LogP) is 6.45. The summed E-state index contributed by atoms with van der Waals surface area (Å²) >= 11 is 0. The zero-order valence-corrected chi connectivity index (χ0v) is 21.1. The molecule has 1 saturated carbocycles. The molecular formula is C32H33FN2O. The highest BCUT2D eigenvalue weighted by Crippen LogP contribution is 2.55. The Morgan fingerprint density at radius 3 is 2.33 bits per heavy atom. The Morgan fingerprint density at radius 1 is 0.889 bits per heavy atom. The number of carbonyl (C=O) groups excluding carboxylic acids is 1. The Labute approximate surface area is 213 Å². The highest BCUT2D eigenvalue weighted by molar-refractivity contribution is 5.96. The van der Waals surface area contributed by atoms with Gasteiger partial charge in [0.2, 0.25) is 0 Å². The summed E-state index contributed by atoms with van der Waals surface area (Å²) in [6, 6.07) is 25.7. The third kappa shape index (κ3) is 3.46. The SMILES string of the molecule is CN(C)C1(c2ccccc2)CCC2(CC1)C1=C(CCN2C(=O)c2cccc(F)c2)c2ccccc2C1. The molecule has 2 aliphatic carbocycles. The summed E-state index contributed by atoms with van der Waals surface area (Å²) in [5.41, 5.74) is 6.96. The smallest absolute Gasteiger partial charge is 0.254 e. The molecule has 36 heavy (non-hydrogen) atoms. The summed E-state index contributed by atoms with van der Waals surface area (Å²) in [5, 5.41) is 0. The summed E-state index contributed by atoms with van der Waals surface area (Å²) < 4.78 is 14.1. The van der Waals surface area contributed by atoms with E-state index in [2.05, 4.69) is 78.5 Å². The molecule has 3 aromatic rings. The molecule has 0 N–H and O–H groups in total. The summed E-state index contributed by atoms with van der Waals surface area (Å²) in [6.45, 7) is 0.669. The van der Waals surface area contributed by atoms with E-state index in [4.69, 9.17) is 0 Å². The molecule has 0 bridgehead atoms. The molecule has 3 aliphatic rings. The maximum absolute atomic E-state index is 14.1. The Morgan fingerprint density at radius 2 is 1.61 bits per heavy atom. The van der Waals surface area contributed by atoms with Crippen molar-refractivity contribution in [2.45, 2.75) is 49.6 Å². The molecule has 1 aliphatic heterocycles. The van der Waals surface area contributed by atoms with Gasteiger partial charge in [-0.1, -0.05) is 60.7 Å². The third-order valence-electron chi connectivity index (χ3n) is 9.13.